The molecule has 1 aliphatic heterocycles. The number of hydrogen-bond acceptors (Lipinski definition) is 5. The summed E-state index contributed by atoms with van der Waals surface area (Å²) in [6, 6.07) is 4.59. The second kappa shape index (κ2) is 5.47. The zero-order valence-corrected chi connectivity index (χ0v) is 11.6. The molecule has 0 aliphatic carbocycles. The second-order valence-electron chi connectivity index (χ2n) is 5.24. The average Bonchev–Trinajstić information content (AvgIpc) is 2.84. The summed E-state index contributed by atoms with van der Waals surface area (Å²) in [5.74, 6) is 0.863. The summed E-state index contributed by atoms with van der Waals surface area (Å²) >= 11 is 0. The molecular formula is C14H18N6. The van der Waals surface area contributed by atoms with Gasteiger partial charge in [-0.15, -0.1) is 0 Å². The van der Waals surface area contributed by atoms with Gasteiger partial charge in [0.05, 0.1) is 24.5 Å². The predicted molar refractivity (Wildman–Crippen MR) is 77.2 cm³/mol. The highest BCUT2D eigenvalue weighted by Crippen LogP contribution is 2.21. The quantitative estimate of drug-likeness (QED) is 0.853. The first-order chi connectivity index (χ1) is 9.78. The largest absolute Gasteiger partial charge is 0.365 e. The number of pyridine rings is 1. The number of likely N-dealkylation sites (tertiary alicyclic amines) is 1. The van der Waals surface area contributed by atoms with Gasteiger partial charge in [-0.05, 0) is 18.9 Å². The van der Waals surface area contributed by atoms with E-state index in [9.17, 15) is 0 Å². The van der Waals surface area contributed by atoms with Crippen LogP contribution in [0.15, 0.2) is 18.6 Å². The minimum Gasteiger partial charge on any atom is -0.365 e. The van der Waals surface area contributed by atoms with Crippen molar-refractivity contribution in [2.24, 2.45) is 7.05 Å². The van der Waals surface area contributed by atoms with Gasteiger partial charge in [0, 0.05) is 32.4 Å². The molecule has 6 nitrogen and oxygen atoms in total. The summed E-state index contributed by atoms with van der Waals surface area (Å²) < 4.78 is 2.00. The van der Waals surface area contributed by atoms with Crippen molar-refractivity contribution in [3.05, 3.63) is 18.6 Å². The number of piperidine rings is 1. The van der Waals surface area contributed by atoms with Crippen LogP contribution in [-0.4, -0.2) is 45.1 Å². The first-order valence-corrected chi connectivity index (χ1v) is 6.90. The van der Waals surface area contributed by atoms with E-state index in [-0.39, 0.29) is 0 Å². The van der Waals surface area contributed by atoms with Crippen LogP contribution < -0.4 is 5.32 Å². The topological polar surface area (TPSA) is 69.8 Å². The van der Waals surface area contributed by atoms with E-state index in [1.54, 1.807) is 0 Å². The molecule has 0 amide bonds. The van der Waals surface area contributed by atoms with Crippen molar-refractivity contribution < 1.29 is 0 Å². The normalized spacial score (nSPS) is 17.2. The first kappa shape index (κ1) is 12.9. The molecule has 3 rings (SSSR count). The van der Waals surface area contributed by atoms with Crippen LogP contribution in [-0.2, 0) is 7.05 Å². The SMILES string of the molecule is Cn1cnc2c(NC3CCN(CC#N)CC3)nccc21. The van der Waals surface area contributed by atoms with Crippen LogP contribution in [0.4, 0.5) is 5.82 Å². The predicted octanol–water partition coefficient (Wildman–Crippen LogP) is 1.37. The summed E-state index contributed by atoms with van der Waals surface area (Å²) in [4.78, 5) is 11.0. The van der Waals surface area contributed by atoms with E-state index < -0.39 is 0 Å². The third-order valence-electron chi connectivity index (χ3n) is 3.87. The Kier molecular flexibility index (Phi) is 3.52. The average molecular weight is 270 g/mol. The van der Waals surface area contributed by atoms with Gasteiger partial charge in [-0.25, -0.2) is 9.97 Å². The highest BCUT2D eigenvalue weighted by atomic mass is 15.2. The van der Waals surface area contributed by atoms with Gasteiger partial charge in [-0.2, -0.15) is 5.26 Å². The molecule has 0 radical (unpaired) electrons. The highest BCUT2D eigenvalue weighted by molar-refractivity contribution is 5.85. The Hall–Kier alpha value is -2.13. The summed E-state index contributed by atoms with van der Waals surface area (Å²) in [5.41, 5.74) is 2.01. The van der Waals surface area contributed by atoms with E-state index >= 15 is 0 Å². The molecule has 1 aliphatic rings. The number of nitrogens with zero attached hydrogens (tertiary/aromatic N) is 5. The first-order valence-electron chi connectivity index (χ1n) is 6.90. The number of nitriles is 1. The molecular weight excluding hydrogens is 252 g/mol. The maximum absolute atomic E-state index is 8.71. The van der Waals surface area contributed by atoms with Crippen molar-refractivity contribution in [1.29, 1.82) is 5.26 Å². The zero-order valence-electron chi connectivity index (χ0n) is 11.6. The van der Waals surface area contributed by atoms with Crippen LogP contribution >= 0.6 is 0 Å². The van der Waals surface area contributed by atoms with Crippen LogP contribution in [0, 0.1) is 11.3 Å². The molecule has 0 unspecified atom stereocenters. The maximum atomic E-state index is 8.71. The van der Waals surface area contributed by atoms with E-state index in [1.807, 2.05) is 30.2 Å². The van der Waals surface area contributed by atoms with Gasteiger partial charge in [0.25, 0.3) is 0 Å². The van der Waals surface area contributed by atoms with Crippen LogP contribution in [0.5, 0.6) is 0 Å². The third kappa shape index (κ3) is 2.45. The third-order valence-corrected chi connectivity index (χ3v) is 3.87. The molecule has 1 saturated heterocycles. The molecule has 0 atom stereocenters. The van der Waals surface area contributed by atoms with Gasteiger partial charge in [0.15, 0.2) is 5.82 Å². The van der Waals surface area contributed by atoms with Crippen molar-refractivity contribution in [2.45, 2.75) is 18.9 Å². The van der Waals surface area contributed by atoms with E-state index in [2.05, 4.69) is 26.3 Å². The molecule has 104 valence electrons. The summed E-state index contributed by atoms with van der Waals surface area (Å²) in [6.45, 7) is 2.45. The standard InChI is InChI=1S/C14H18N6/c1-19-10-17-13-12(19)2-6-16-14(13)18-11-3-7-20(8-4-11)9-5-15/h2,6,10-11H,3-4,7-9H2,1H3,(H,16,18). The number of hydrogen-bond donors (Lipinski definition) is 1. The van der Waals surface area contributed by atoms with E-state index in [1.165, 1.54) is 0 Å². The minimum absolute atomic E-state index is 0.407. The van der Waals surface area contributed by atoms with Gasteiger partial charge in [-0.1, -0.05) is 0 Å². The number of aryl methyl sites for hydroxylation is 1. The monoisotopic (exact) mass is 270 g/mol. The van der Waals surface area contributed by atoms with Crippen molar-refractivity contribution in [3.63, 3.8) is 0 Å². The summed E-state index contributed by atoms with van der Waals surface area (Å²) in [5, 5.41) is 12.2. The molecule has 1 N–H and O–H groups in total. The van der Waals surface area contributed by atoms with Gasteiger partial charge in [0.2, 0.25) is 0 Å². The Morgan fingerprint density at radius 2 is 2.20 bits per heavy atom. The second-order valence-corrected chi connectivity index (χ2v) is 5.24. The summed E-state index contributed by atoms with van der Waals surface area (Å²) in [7, 11) is 1.99. The van der Waals surface area contributed by atoms with Crippen molar-refractivity contribution in [1.82, 2.24) is 19.4 Å². The van der Waals surface area contributed by atoms with Crippen LogP contribution in [0.1, 0.15) is 12.8 Å². The lowest BCUT2D eigenvalue weighted by atomic mass is 10.1. The Morgan fingerprint density at radius 3 is 2.95 bits per heavy atom. The molecule has 1 fully saturated rings. The van der Waals surface area contributed by atoms with E-state index in [0.717, 1.165) is 42.8 Å². The zero-order chi connectivity index (χ0) is 13.9. The van der Waals surface area contributed by atoms with E-state index in [0.29, 0.717) is 12.6 Å². The molecule has 0 saturated carbocycles. The van der Waals surface area contributed by atoms with Gasteiger partial charge >= 0.3 is 0 Å². The molecule has 20 heavy (non-hydrogen) atoms. The molecule has 0 bridgehead atoms. The van der Waals surface area contributed by atoms with Crippen molar-refractivity contribution in [3.8, 4) is 6.07 Å². The fraction of sp³-hybridized carbons (Fsp3) is 0.500. The van der Waals surface area contributed by atoms with E-state index in [4.69, 9.17) is 5.26 Å². The Balaban J connectivity index is 1.70. The Labute approximate surface area is 118 Å². The van der Waals surface area contributed by atoms with Crippen LogP contribution in [0.25, 0.3) is 11.0 Å². The molecule has 6 heteroatoms. The number of fused-ring (bicyclic) bond motifs is 1. The van der Waals surface area contributed by atoms with Crippen LogP contribution in [0.3, 0.4) is 0 Å². The van der Waals surface area contributed by atoms with Crippen molar-refractivity contribution in [2.75, 3.05) is 25.0 Å². The number of imidazole rings is 1. The summed E-state index contributed by atoms with van der Waals surface area (Å²) in [6.07, 6.45) is 5.70. The molecule has 2 aromatic rings. The molecule has 2 aromatic heterocycles. The Bertz CT molecular complexity index is 633. The molecule has 0 spiro atoms. The number of rotatable bonds is 3. The van der Waals surface area contributed by atoms with Gasteiger partial charge in [0.1, 0.15) is 5.52 Å². The van der Waals surface area contributed by atoms with Gasteiger partial charge in [-0.3, -0.25) is 4.90 Å². The Morgan fingerprint density at radius 1 is 1.40 bits per heavy atom. The lowest BCUT2D eigenvalue weighted by Crippen LogP contribution is -2.39. The lowest BCUT2D eigenvalue weighted by Gasteiger charge is -2.30. The number of aromatic nitrogens is 3. The lowest BCUT2D eigenvalue weighted by molar-refractivity contribution is 0.242. The molecule has 3 heterocycles. The number of anilines is 1. The van der Waals surface area contributed by atoms with Crippen molar-refractivity contribution >= 4 is 16.9 Å². The smallest absolute Gasteiger partial charge is 0.154 e. The maximum Gasteiger partial charge on any atom is 0.154 e. The fourth-order valence-corrected chi connectivity index (χ4v) is 2.70. The van der Waals surface area contributed by atoms with Crippen LogP contribution in [0.2, 0.25) is 0 Å². The minimum atomic E-state index is 0.407. The fourth-order valence-electron chi connectivity index (χ4n) is 2.70. The van der Waals surface area contributed by atoms with Gasteiger partial charge < -0.3 is 9.88 Å². The highest BCUT2D eigenvalue weighted by Gasteiger charge is 2.20. The molecule has 0 aromatic carbocycles. The number of nitrogens with one attached hydrogen (secondary N) is 1.